The highest BCUT2D eigenvalue weighted by Gasteiger charge is 2.40. The second kappa shape index (κ2) is 7.76. The van der Waals surface area contributed by atoms with E-state index in [2.05, 4.69) is 17.1 Å². The van der Waals surface area contributed by atoms with Gasteiger partial charge in [-0.05, 0) is 82.1 Å². The molecule has 0 aromatic heterocycles. The van der Waals surface area contributed by atoms with Gasteiger partial charge >= 0.3 is 0 Å². The molecule has 2 bridgehead atoms. The van der Waals surface area contributed by atoms with Gasteiger partial charge in [-0.15, -0.1) is 0 Å². The molecule has 3 fully saturated rings. The van der Waals surface area contributed by atoms with Crippen LogP contribution in [0.3, 0.4) is 0 Å². The molecule has 1 unspecified atom stereocenters. The van der Waals surface area contributed by atoms with Crippen molar-refractivity contribution in [1.82, 2.24) is 10.2 Å². The largest absolute Gasteiger partial charge is 0.457 e. The first-order valence-corrected chi connectivity index (χ1v) is 9.95. The molecule has 3 saturated heterocycles. The monoisotopic (exact) mass is 378 g/mol. The number of rotatable bonds is 5. The van der Waals surface area contributed by atoms with Gasteiger partial charge in [-0.1, -0.05) is 12.1 Å². The van der Waals surface area contributed by atoms with Crippen LogP contribution in [0.15, 0.2) is 48.5 Å². The van der Waals surface area contributed by atoms with Crippen LogP contribution in [0.4, 0.5) is 0 Å². The van der Waals surface area contributed by atoms with Crippen molar-refractivity contribution in [1.29, 1.82) is 0 Å². The Hall–Kier alpha value is -2.66. The number of nitrogens with zero attached hydrogens (tertiary/aromatic N) is 1. The third-order valence-electron chi connectivity index (χ3n) is 6.07. The Labute approximate surface area is 165 Å². The van der Waals surface area contributed by atoms with Gasteiger partial charge in [0.15, 0.2) is 5.78 Å². The fraction of sp³-hybridized carbons (Fsp3) is 0.391. The van der Waals surface area contributed by atoms with Gasteiger partial charge in [0, 0.05) is 23.2 Å². The quantitative estimate of drug-likeness (QED) is 0.802. The summed E-state index contributed by atoms with van der Waals surface area (Å²) in [5.74, 6) is 1.79. The summed E-state index contributed by atoms with van der Waals surface area (Å²) in [6.07, 6.45) is 2.34. The van der Waals surface area contributed by atoms with Crippen molar-refractivity contribution >= 4 is 11.7 Å². The average molecular weight is 378 g/mol. The molecule has 0 saturated carbocycles. The molecule has 146 valence electrons. The van der Waals surface area contributed by atoms with Crippen molar-refractivity contribution in [3.8, 4) is 11.5 Å². The zero-order valence-electron chi connectivity index (χ0n) is 16.4. The number of hydrogen-bond acceptors (Lipinski definition) is 4. The van der Waals surface area contributed by atoms with Crippen LogP contribution in [-0.4, -0.2) is 41.8 Å². The van der Waals surface area contributed by atoms with Crippen molar-refractivity contribution in [3.63, 3.8) is 0 Å². The standard InChI is InChI=1S/C23H26N2O3/c1-15-22(17-10-12-25(15)13-11-17)24-23(27)18-6-8-20(9-7-18)28-21-5-3-4-19(14-21)16(2)26/h3-9,14-15,17,22H,10-13H2,1-2H3,(H,24,27)/t15?,22-/m0/s1. The topological polar surface area (TPSA) is 58.6 Å². The van der Waals surface area contributed by atoms with Gasteiger partial charge in [-0.25, -0.2) is 0 Å². The third-order valence-corrected chi connectivity index (χ3v) is 6.07. The SMILES string of the molecule is CC(=O)c1cccc(Oc2ccc(C(=O)N[C@@H]3C4CCN(CC4)C3C)cc2)c1. The number of benzene rings is 2. The zero-order chi connectivity index (χ0) is 19.7. The number of piperidine rings is 3. The van der Waals surface area contributed by atoms with Crippen molar-refractivity contribution in [2.75, 3.05) is 13.1 Å². The number of Topliss-reactive ketones (excluding diaryl/α,β-unsaturated/α-hetero) is 1. The number of hydrogen-bond donors (Lipinski definition) is 1. The second-order valence-corrected chi connectivity index (χ2v) is 7.82. The van der Waals surface area contributed by atoms with Crippen LogP contribution in [-0.2, 0) is 0 Å². The Morgan fingerprint density at radius 1 is 1.00 bits per heavy atom. The second-order valence-electron chi connectivity index (χ2n) is 7.82. The number of ether oxygens (including phenoxy) is 1. The summed E-state index contributed by atoms with van der Waals surface area (Å²) in [6, 6.07) is 14.8. The Bertz CT molecular complexity index is 868. The van der Waals surface area contributed by atoms with Gasteiger partial charge in [0.1, 0.15) is 11.5 Å². The van der Waals surface area contributed by atoms with Gasteiger partial charge in [-0.2, -0.15) is 0 Å². The normalized spacial score (nSPS) is 25.9. The molecule has 2 atom stereocenters. The smallest absolute Gasteiger partial charge is 0.251 e. The first-order chi connectivity index (χ1) is 13.5. The van der Waals surface area contributed by atoms with E-state index < -0.39 is 0 Å². The first kappa shape index (κ1) is 18.7. The maximum Gasteiger partial charge on any atom is 0.251 e. The highest BCUT2D eigenvalue weighted by atomic mass is 16.5. The lowest BCUT2D eigenvalue weighted by molar-refractivity contribution is 0.0217. The maximum atomic E-state index is 12.7. The summed E-state index contributed by atoms with van der Waals surface area (Å²) in [5.41, 5.74) is 1.24. The first-order valence-electron chi connectivity index (χ1n) is 9.95. The Kier molecular flexibility index (Phi) is 5.18. The highest BCUT2D eigenvalue weighted by molar-refractivity contribution is 5.95. The number of amides is 1. The van der Waals surface area contributed by atoms with E-state index >= 15 is 0 Å². The molecule has 0 radical (unpaired) electrons. The van der Waals surface area contributed by atoms with Crippen LogP contribution in [0.5, 0.6) is 11.5 Å². The van der Waals surface area contributed by atoms with Gasteiger partial charge in [0.05, 0.1) is 0 Å². The minimum absolute atomic E-state index is 0.000520. The van der Waals surface area contributed by atoms with E-state index in [1.54, 1.807) is 42.5 Å². The molecular formula is C23H26N2O3. The van der Waals surface area contributed by atoms with Crippen LogP contribution in [0.1, 0.15) is 47.4 Å². The van der Waals surface area contributed by atoms with Gasteiger partial charge in [0.2, 0.25) is 0 Å². The summed E-state index contributed by atoms with van der Waals surface area (Å²) in [4.78, 5) is 26.7. The summed E-state index contributed by atoms with van der Waals surface area (Å²) in [6.45, 7) is 6.04. The summed E-state index contributed by atoms with van der Waals surface area (Å²) < 4.78 is 5.82. The summed E-state index contributed by atoms with van der Waals surface area (Å²) in [7, 11) is 0. The van der Waals surface area contributed by atoms with Crippen LogP contribution in [0.2, 0.25) is 0 Å². The number of carbonyl (C=O) groups excluding carboxylic acids is 2. The molecule has 5 heteroatoms. The maximum absolute atomic E-state index is 12.7. The van der Waals surface area contributed by atoms with E-state index in [0.29, 0.717) is 34.6 Å². The number of nitrogens with one attached hydrogen (secondary N) is 1. The molecule has 5 nitrogen and oxygen atoms in total. The molecule has 1 amide bonds. The van der Waals surface area contributed by atoms with E-state index in [0.717, 1.165) is 13.1 Å². The van der Waals surface area contributed by atoms with Crippen molar-refractivity contribution in [3.05, 3.63) is 59.7 Å². The molecule has 3 aliphatic rings. The summed E-state index contributed by atoms with van der Waals surface area (Å²) >= 11 is 0. The van der Waals surface area contributed by atoms with E-state index in [4.69, 9.17) is 4.74 Å². The van der Waals surface area contributed by atoms with E-state index in [1.807, 2.05) is 6.07 Å². The van der Waals surface area contributed by atoms with E-state index in [9.17, 15) is 9.59 Å². The highest BCUT2D eigenvalue weighted by Crippen LogP contribution is 2.32. The lowest BCUT2D eigenvalue weighted by Gasteiger charge is -2.49. The average Bonchev–Trinajstić information content (AvgIpc) is 2.71. The summed E-state index contributed by atoms with van der Waals surface area (Å²) in [5, 5.41) is 3.25. The lowest BCUT2D eigenvalue weighted by Crippen LogP contribution is -2.62. The Morgan fingerprint density at radius 2 is 1.71 bits per heavy atom. The fourth-order valence-electron chi connectivity index (χ4n) is 4.37. The minimum atomic E-state index is -0.0317. The predicted molar refractivity (Wildman–Crippen MR) is 108 cm³/mol. The van der Waals surface area contributed by atoms with Crippen LogP contribution < -0.4 is 10.1 Å². The van der Waals surface area contributed by atoms with Gasteiger partial charge in [-0.3, -0.25) is 14.5 Å². The van der Waals surface area contributed by atoms with Crippen LogP contribution in [0, 0.1) is 5.92 Å². The van der Waals surface area contributed by atoms with Crippen LogP contribution >= 0.6 is 0 Å². The van der Waals surface area contributed by atoms with Gasteiger partial charge < -0.3 is 10.1 Å². The Balaban J connectivity index is 1.41. The number of carbonyl (C=O) groups is 2. The van der Waals surface area contributed by atoms with Gasteiger partial charge in [0.25, 0.3) is 5.91 Å². The van der Waals surface area contributed by atoms with E-state index in [1.165, 1.54) is 19.8 Å². The van der Waals surface area contributed by atoms with Crippen LogP contribution in [0.25, 0.3) is 0 Å². The fourth-order valence-corrected chi connectivity index (χ4v) is 4.37. The third kappa shape index (κ3) is 3.80. The predicted octanol–water partition coefficient (Wildman–Crippen LogP) is 3.89. The molecule has 5 rings (SSSR count). The lowest BCUT2D eigenvalue weighted by atomic mass is 9.79. The molecule has 3 aliphatic heterocycles. The molecule has 2 aromatic rings. The molecule has 1 N–H and O–H groups in total. The van der Waals surface area contributed by atoms with E-state index in [-0.39, 0.29) is 17.7 Å². The van der Waals surface area contributed by atoms with Crippen molar-refractivity contribution in [2.45, 2.75) is 38.8 Å². The minimum Gasteiger partial charge on any atom is -0.457 e. The number of ketones is 1. The molecule has 0 aliphatic carbocycles. The molecule has 28 heavy (non-hydrogen) atoms. The number of fused-ring (bicyclic) bond motifs is 3. The Morgan fingerprint density at radius 3 is 2.36 bits per heavy atom. The molecular weight excluding hydrogens is 352 g/mol. The zero-order valence-corrected chi connectivity index (χ0v) is 16.4. The van der Waals surface area contributed by atoms with Crippen molar-refractivity contribution in [2.24, 2.45) is 5.92 Å². The molecule has 2 aromatic carbocycles. The molecule has 0 spiro atoms. The van der Waals surface area contributed by atoms with Crippen molar-refractivity contribution < 1.29 is 14.3 Å². The molecule has 3 heterocycles.